The van der Waals surface area contributed by atoms with E-state index in [4.69, 9.17) is 5.11 Å². The van der Waals surface area contributed by atoms with Crippen molar-refractivity contribution in [1.29, 1.82) is 0 Å². The first kappa shape index (κ1) is 11.3. The molecule has 0 bridgehead atoms. The zero-order valence-corrected chi connectivity index (χ0v) is 8.31. The number of halogens is 2. The molecule has 0 spiro atoms. The molecule has 0 unspecified atom stereocenters. The van der Waals surface area contributed by atoms with Crippen LogP contribution in [0.2, 0.25) is 0 Å². The Hall–Kier alpha value is -2.18. The molecular formula is C10H7F2NO4. The van der Waals surface area contributed by atoms with Gasteiger partial charge in [0, 0.05) is 0 Å². The predicted octanol–water partition coefficient (Wildman–Crippen LogP) is 1.20. The van der Waals surface area contributed by atoms with Crippen LogP contribution < -0.4 is 5.32 Å². The van der Waals surface area contributed by atoms with Crippen molar-refractivity contribution in [3.05, 3.63) is 35.4 Å². The number of carbonyl (C=O) groups is 2. The summed E-state index contributed by atoms with van der Waals surface area (Å²) in [6, 6.07) is 1.84. The molecule has 2 atom stereocenters. The lowest BCUT2D eigenvalue weighted by Crippen LogP contribution is -2.29. The summed E-state index contributed by atoms with van der Waals surface area (Å²) in [7, 11) is 0. The molecule has 0 aromatic heterocycles. The van der Waals surface area contributed by atoms with Gasteiger partial charge in [0.05, 0.1) is 0 Å². The molecule has 1 amide bonds. The fourth-order valence-corrected chi connectivity index (χ4v) is 1.58. The molecule has 0 radical (unpaired) electrons. The molecule has 2 N–H and O–H groups in total. The van der Waals surface area contributed by atoms with Crippen molar-refractivity contribution in [2.75, 3.05) is 0 Å². The molecule has 1 aromatic rings. The number of carboxylic acids is 1. The van der Waals surface area contributed by atoms with Gasteiger partial charge in [0.1, 0.15) is 6.04 Å². The highest BCUT2D eigenvalue weighted by Crippen LogP contribution is 2.26. The third-order valence-corrected chi connectivity index (χ3v) is 2.36. The molecule has 0 aliphatic carbocycles. The summed E-state index contributed by atoms with van der Waals surface area (Å²) in [5.41, 5.74) is 0.127. The number of hydrogen-bond donors (Lipinski definition) is 2. The average molecular weight is 243 g/mol. The molecule has 2 rings (SSSR count). The third kappa shape index (κ3) is 2.03. The van der Waals surface area contributed by atoms with Crippen molar-refractivity contribution < 1.29 is 28.2 Å². The van der Waals surface area contributed by atoms with E-state index >= 15 is 0 Å². The summed E-state index contributed by atoms with van der Waals surface area (Å²) >= 11 is 0. The quantitative estimate of drug-likeness (QED) is 0.818. The van der Waals surface area contributed by atoms with Crippen LogP contribution in [0.25, 0.3) is 0 Å². The number of amides is 1. The Balaban J connectivity index is 2.34. The van der Waals surface area contributed by atoms with E-state index in [1.165, 1.54) is 6.07 Å². The SMILES string of the molecule is O=C1N[C@@H](c2ccc(F)c(F)c2)[C@H](C(=O)O)O1. The third-order valence-electron chi connectivity index (χ3n) is 2.36. The van der Waals surface area contributed by atoms with Crippen LogP contribution in [0, 0.1) is 11.6 Å². The maximum absolute atomic E-state index is 13.0. The van der Waals surface area contributed by atoms with Gasteiger partial charge in [-0.1, -0.05) is 6.07 Å². The lowest BCUT2D eigenvalue weighted by Gasteiger charge is -2.13. The molecule has 90 valence electrons. The Kier molecular flexibility index (Phi) is 2.66. The highest BCUT2D eigenvalue weighted by molar-refractivity contribution is 5.82. The number of aliphatic carboxylic acids is 1. The van der Waals surface area contributed by atoms with Crippen molar-refractivity contribution in [1.82, 2.24) is 5.32 Å². The van der Waals surface area contributed by atoms with Gasteiger partial charge in [-0.25, -0.2) is 18.4 Å². The summed E-state index contributed by atoms with van der Waals surface area (Å²) in [4.78, 5) is 21.7. The van der Waals surface area contributed by atoms with Gasteiger partial charge in [0.15, 0.2) is 11.6 Å². The topological polar surface area (TPSA) is 75.6 Å². The molecule has 1 aromatic carbocycles. The van der Waals surface area contributed by atoms with Crippen molar-refractivity contribution in [3.63, 3.8) is 0 Å². The van der Waals surface area contributed by atoms with Crippen LogP contribution in [0.15, 0.2) is 18.2 Å². The minimum Gasteiger partial charge on any atom is -0.478 e. The zero-order chi connectivity index (χ0) is 12.6. The van der Waals surface area contributed by atoms with Crippen LogP contribution in [0.3, 0.4) is 0 Å². The number of alkyl carbamates (subject to hydrolysis) is 1. The van der Waals surface area contributed by atoms with Crippen LogP contribution in [-0.4, -0.2) is 23.3 Å². The monoisotopic (exact) mass is 243 g/mol. The molecule has 1 aliphatic heterocycles. The number of benzene rings is 1. The smallest absolute Gasteiger partial charge is 0.408 e. The number of hydrogen-bond acceptors (Lipinski definition) is 3. The van der Waals surface area contributed by atoms with Crippen molar-refractivity contribution >= 4 is 12.1 Å². The first-order valence-electron chi connectivity index (χ1n) is 4.64. The second kappa shape index (κ2) is 4.00. The van der Waals surface area contributed by atoms with Crippen molar-refractivity contribution in [2.45, 2.75) is 12.1 Å². The maximum Gasteiger partial charge on any atom is 0.408 e. The predicted molar refractivity (Wildman–Crippen MR) is 50.1 cm³/mol. The highest BCUT2D eigenvalue weighted by Gasteiger charge is 2.40. The molecule has 5 nitrogen and oxygen atoms in total. The number of rotatable bonds is 2. The van der Waals surface area contributed by atoms with E-state index in [1.54, 1.807) is 0 Å². The second-order valence-corrected chi connectivity index (χ2v) is 3.46. The number of cyclic esters (lactones) is 1. The maximum atomic E-state index is 13.0. The zero-order valence-electron chi connectivity index (χ0n) is 8.31. The Bertz CT molecular complexity index is 491. The van der Waals surface area contributed by atoms with Crippen LogP contribution in [0.5, 0.6) is 0 Å². The molecule has 1 saturated heterocycles. The van der Waals surface area contributed by atoms with Crippen LogP contribution in [0.4, 0.5) is 13.6 Å². The Morgan fingerprint density at radius 2 is 2.06 bits per heavy atom. The van der Waals surface area contributed by atoms with Gasteiger partial charge in [-0.2, -0.15) is 0 Å². The number of ether oxygens (including phenoxy) is 1. The fraction of sp³-hybridized carbons (Fsp3) is 0.200. The Morgan fingerprint density at radius 3 is 2.65 bits per heavy atom. The van der Waals surface area contributed by atoms with E-state index in [0.717, 1.165) is 12.1 Å². The van der Waals surface area contributed by atoms with E-state index in [1.807, 2.05) is 0 Å². The van der Waals surface area contributed by atoms with Gasteiger partial charge in [0.2, 0.25) is 6.10 Å². The number of carbonyl (C=O) groups excluding carboxylic acids is 1. The molecule has 1 aliphatic rings. The van der Waals surface area contributed by atoms with Gasteiger partial charge in [0.25, 0.3) is 0 Å². The van der Waals surface area contributed by atoms with Gasteiger partial charge in [-0.3, -0.25) is 0 Å². The summed E-state index contributed by atoms with van der Waals surface area (Å²) in [6.45, 7) is 0. The van der Waals surface area contributed by atoms with Crippen molar-refractivity contribution in [2.24, 2.45) is 0 Å². The molecule has 0 saturated carbocycles. The average Bonchev–Trinajstić information content (AvgIpc) is 2.64. The lowest BCUT2D eigenvalue weighted by molar-refractivity contribution is -0.146. The Morgan fingerprint density at radius 1 is 1.35 bits per heavy atom. The van der Waals surface area contributed by atoms with Crippen molar-refractivity contribution in [3.8, 4) is 0 Å². The van der Waals surface area contributed by atoms with Crippen LogP contribution in [-0.2, 0) is 9.53 Å². The highest BCUT2D eigenvalue weighted by atomic mass is 19.2. The molecular weight excluding hydrogens is 236 g/mol. The van der Waals surface area contributed by atoms with E-state index in [0.29, 0.717) is 0 Å². The summed E-state index contributed by atoms with van der Waals surface area (Å²) < 4.78 is 30.2. The van der Waals surface area contributed by atoms with Crippen LogP contribution >= 0.6 is 0 Å². The standard InChI is InChI=1S/C10H7F2NO4/c11-5-2-1-4(3-6(5)12)7-8(9(14)15)17-10(16)13-7/h1-3,7-8H,(H,13,16)(H,14,15)/t7-,8+/m0/s1. The van der Waals surface area contributed by atoms with E-state index in [9.17, 15) is 18.4 Å². The second-order valence-electron chi connectivity index (χ2n) is 3.46. The fourth-order valence-electron chi connectivity index (χ4n) is 1.58. The first-order valence-corrected chi connectivity index (χ1v) is 4.64. The van der Waals surface area contributed by atoms with Gasteiger partial charge >= 0.3 is 12.1 Å². The minimum atomic E-state index is -1.45. The first-order chi connectivity index (χ1) is 7.99. The van der Waals surface area contributed by atoms with Crippen LogP contribution in [0.1, 0.15) is 11.6 Å². The minimum absolute atomic E-state index is 0.127. The van der Waals surface area contributed by atoms with Gasteiger partial charge in [-0.05, 0) is 17.7 Å². The molecule has 1 heterocycles. The van der Waals surface area contributed by atoms with Gasteiger partial charge < -0.3 is 15.2 Å². The van der Waals surface area contributed by atoms with E-state index < -0.39 is 35.8 Å². The Labute approximate surface area is 94.0 Å². The molecule has 1 fully saturated rings. The normalized spacial score (nSPS) is 23.1. The number of nitrogens with one attached hydrogen (secondary N) is 1. The van der Waals surface area contributed by atoms with E-state index in [2.05, 4.69) is 10.1 Å². The molecule has 17 heavy (non-hydrogen) atoms. The summed E-state index contributed by atoms with van der Waals surface area (Å²) in [5, 5.41) is 11.0. The summed E-state index contributed by atoms with van der Waals surface area (Å²) in [5.74, 6) is -3.53. The lowest BCUT2D eigenvalue weighted by atomic mass is 10.0. The number of carboxylic acid groups (broad SMARTS) is 1. The van der Waals surface area contributed by atoms with E-state index in [-0.39, 0.29) is 5.56 Å². The summed E-state index contributed by atoms with van der Waals surface area (Å²) in [6.07, 6.45) is -2.36. The molecule has 7 heteroatoms. The van der Waals surface area contributed by atoms with Gasteiger partial charge in [-0.15, -0.1) is 0 Å². The largest absolute Gasteiger partial charge is 0.478 e.